The van der Waals surface area contributed by atoms with Gasteiger partial charge in [0.25, 0.3) is 0 Å². The van der Waals surface area contributed by atoms with E-state index < -0.39 is 0 Å². The monoisotopic (exact) mass is 128 g/mol. The molecule has 2 heteroatoms. The minimum atomic E-state index is 0.801. The maximum atomic E-state index is 3.20. The van der Waals surface area contributed by atoms with E-state index in [1.54, 1.807) is 0 Å². The van der Waals surface area contributed by atoms with E-state index in [1.807, 2.05) is 7.05 Å². The first-order valence-electron chi connectivity index (χ1n) is 3.82. The van der Waals surface area contributed by atoms with Gasteiger partial charge in [-0.05, 0) is 26.3 Å². The van der Waals surface area contributed by atoms with E-state index in [0.29, 0.717) is 0 Å². The molecule has 1 saturated heterocycles. The molecule has 1 aliphatic rings. The lowest BCUT2D eigenvalue weighted by Crippen LogP contribution is -2.38. The Kier molecular flexibility index (Phi) is 2.49. The quantitative estimate of drug-likeness (QED) is 0.596. The average molecular weight is 128 g/mol. The third-order valence-corrected chi connectivity index (χ3v) is 2.14. The molecule has 1 aliphatic heterocycles. The first-order valence-corrected chi connectivity index (χ1v) is 3.82. The molecule has 1 N–H and O–H groups in total. The third kappa shape index (κ3) is 1.43. The summed E-state index contributed by atoms with van der Waals surface area (Å²) in [6.07, 6.45) is 4.01. The van der Waals surface area contributed by atoms with Crippen molar-refractivity contribution in [1.29, 1.82) is 0 Å². The average Bonchev–Trinajstić information content (AvgIpc) is 2.33. The van der Waals surface area contributed by atoms with Gasteiger partial charge in [-0.3, -0.25) is 5.43 Å². The second-order valence-electron chi connectivity index (χ2n) is 2.62. The number of nitrogens with zero attached hydrogens (tertiary/aromatic N) is 1. The normalized spacial score (nSPS) is 29.3. The van der Waals surface area contributed by atoms with Crippen LogP contribution in [0.15, 0.2) is 0 Å². The van der Waals surface area contributed by atoms with Crippen molar-refractivity contribution >= 4 is 0 Å². The highest BCUT2D eigenvalue weighted by molar-refractivity contribution is 4.73. The van der Waals surface area contributed by atoms with E-state index in [1.165, 1.54) is 25.8 Å². The van der Waals surface area contributed by atoms with Gasteiger partial charge in [-0.2, -0.15) is 0 Å². The van der Waals surface area contributed by atoms with E-state index in [4.69, 9.17) is 0 Å². The molecule has 0 aromatic heterocycles. The van der Waals surface area contributed by atoms with Gasteiger partial charge in [-0.1, -0.05) is 6.92 Å². The van der Waals surface area contributed by atoms with Crippen LogP contribution in [0.3, 0.4) is 0 Å². The maximum Gasteiger partial charge on any atom is 0.0241 e. The second-order valence-corrected chi connectivity index (χ2v) is 2.62. The lowest BCUT2D eigenvalue weighted by atomic mass is 10.2. The van der Waals surface area contributed by atoms with Crippen LogP contribution in [0.1, 0.15) is 26.2 Å². The number of hydrogen-bond donors (Lipinski definition) is 1. The van der Waals surface area contributed by atoms with Gasteiger partial charge in [-0.25, -0.2) is 5.01 Å². The predicted octanol–water partition coefficient (Wildman–Crippen LogP) is 0.995. The number of hydrogen-bond acceptors (Lipinski definition) is 2. The van der Waals surface area contributed by atoms with Gasteiger partial charge in [0.05, 0.1) is 0 Å². The Balaban J connectivity index is 2.32. The van der Waals surface area contributed by atoms with Crippen molar-refractivity contribution in [2.24, 2.45) is 0 Å². The highest BCUT2D eigenvalue weighted by Gasteiger charge is 2.20. The Bertz CT molecular complexity index is 73.0. The summed E-state index contributed by atoms with van der Waals surface area (Å²) in [6.45, 7) is 3.48. The molecule has 0 aromatic carbocycles. The van der Waals surface area contributed by atoms with Crippen LogP contribution in [0.25, 0.3) is 0 Å². The molecule has 0 amide bonds. The van der Waals surface area contributed by atoms with E-state index >= 15 is 0 Å². The number of hydrazine groups is 1. The largest absolute Gasteiger partial charge is 0.258 e. The lowest BCUT2D eigenvalue weighted by Gasteiger charge is -2.21. The Morgan fingerprint density at radius 3 is 2.89 bits per heavy atom. The molecular weight excluding hydrogens is 112 g/mol. The number of rotatable bonds is 2. The smallest absolute Gasteiger partial charge is 0.0241 e. The minimum Gasteiger partial charge on any atom is -0.258 e. The molecule has 0 saturated carbocycles. The lowest BCUT2D eigenvalue weighted by molar-refractivity contribution is 0.185. The second kappa shape index (κ2) is 3.18. The fourth-order valence-corrected chi connectivity index (χ4v) is 1.55. The van der Waals surface area contributed by atoms with Crippen LogP contribution in [-0.2, 0) is 0 Å². The zero-order valence-corrected chi connectivity index (χ0v) is 6.35. The first-order chi connectivity index (χ1) is 4.38. The zero-order valence-electron chi connectivity index (χ0n) is 6.35. The Morgan fingerprint density at radius 1 is 1.67 bits per heavy atom. The van der Waals surface area contributed by atoms with E-state index in [9.17, 15) is 0 Å². The first kappa shape index (κ1) is 7.03. The summed E-state index contributed by atoms with van der Waals surface area (Å²) in [5, 5.41) is 2.33. The summed E-state index contributed by atoms with van der Waals surface area (Å²) in [5.41, 5.74) is 3.20. The van der Waals surface area contributed by atoms with Crippen molar-refractivity contribution in [2.45, 2.75) is 32.2 Å². The van der Waals surface area contributed by atoms with Gasteiger partial charge in [0.1, 0.15) is 0 Å². The molecule has 1 fully saturated rings. The van der Waals surface area contributed by atoms with Gasteiger partial charge >= 0.3 is 0 Å². The molecule has 0 aromatic rings. The van der Waals surface area contributed by atoms with E-state index in [-0.39, 0.29) is 0 Å². The molecule has 0 aliphatic carbocycles. The van der Waals surface area contributed by atoms with Crippen molar-refractivity contribution in [1.82, 2.24) is 10.4 Å². The summed E-state index contributed by atoms with van der Waals surface area (Å²) >= 11 is 0. The Labute approximate surface area is 57.2 Å². The fourth-order valence-electron chi connectivity index (χ4n) is 1.55. The Morgan fingerprint density at radius 2 is 2.44 bits per heavy atom. The summed E-state index contributed by atoms with van der Waals surface area (Å²) in [4.78, 5) is 0. The van der Waals surface area contributed by atoms with Crippen molar-refractivity contribution in [3.63, 3.8) is 0 Å². The third-order valence-electron chi connectivity index (χ3n) is 2.14. The maximum absolute atomic E-state index is 3.20. The van der Waals surface area contributed by atoms with Gasteiger partial charge < -0.3 is 0 Å². The molecule has 2 nitrogen and oxygen atoms in total. The molecule has 0 radical (unpaired) electrons. The van der Waals surface area contributed by atoms with Crippen LogP contribution in [-0.4, -0.2) is 24.6 Å². The van der Waals surface area contributed by atoms with Crippen LogP contribution in [0.4, 0.5) is 0 Å². The van der Waals surface area contributed by atoms with Crippen LogP contribution in [0, 0.1) is 0 Å². The SMILES string of the molecule is CCC1CCCN1NC. The molecule has 1 rings (SSSR count). The molecule has 54 valence electrons. The Hall–Kier alpha value is -0.0800. The molecule has 1 unspecified atom stereocenters. The predicted molar refractivity (Wildman–Crippen MR) is 39.1 cm³/mol. The standard InChI is InChI=1S/C7H16N2/c1-3-7-5-4-6-9(7)8-2/h7-8H,3-6H2,1-2H3. The zero-order chi connectivity index (χ0) is 6.69. The molecule has 9 heavy (non-hydrogen) atoms. The number of nitrogens with one attached hydrogen (secondary N) is 1. The van der Waals surface area contributed by atoms with Gasteiger partial charge in [-0.15, -0.1) is 0 Å². The molecule has 1 atom stereocenters. The van der Waals surface area contributed by atoms with Crippen LogP contribution >= 0.6 is 0 Å². The van der Waals surface area contributed by atoms with Gasteiger partial charge in [0.2, 0.25) is 0 Å². The van der Waals surface area contributed by atoms with Crippen molar-refractivity contribution in [3.05, 3.63) is 0 Å². The summed E-state index contributed by atoms with van der Waals surface area (Å²) in [6, 6.07) is 0.801. The fraction of sp³-hybridized carbons (Fsp3) is 1.00. The van der Waals surface area contributed by atoms with Gasteiger partial charge in [0.15, 0.2) is 0 Å². The van der Waals surface area contributed by atoms with Gasteiger partial charge in [0, 0.05) is 12.6 Å². The van der Waals surface area contributed by atoms with Crippen LogP contribution in [0.5, 0.6) is 0 Å². The minimum absolute atomic E-state index is 0.801. The van der Waals surface area contributed by atoms with E-state index in [2.05, 4.69) is 17.4 Å². The highest BCUT2D eigenvalue weighted by atomic mass is 15.5. The molecule has 0 spiro atoms. The van der Waals surface area contributed by atoms with Crippen molar-refractivity contribution in [2.75, 3.05) is 13.6 Å². The highest BCUT2D eigenvalue weighted by Crippen LogP contribution is 2.16. The summed E-state index contributed by atoms with van der Waals surface area (Å²) < 4.78 is 0. The molecule has 0 bridgehead atoms. The molecule has 1 heterocycles. The summed E-state index contributed by atoms with van der Waals surface area (Å²) in [7, 11) is 2.01. The molecular formula is C7H16N2. The van der Waals surface area contributed by atoms with Crippen molar-refractivity contribution < 1.29 is 0 Å². The topological polar surface area (TPSA) is 15.3 Å². The van der Waals surface area contributed by atoms with E-state index in [0.717, 1.165) is 6.04 Å². The van der Waals surface area contributed by atoms with Crippen molar-refractivity contribution in [3.8, 4) is 0 Å². The van der Waals surface area contributed by atoms with Crippen LogP contribution in [0.2, 0.25) is 0 Å². The summed E-state index contributed by atoms with van der Waals surface area (Å²) in [5.74, 6) is 0. The van der Waals surface area contributed by atoms with Crippen LogP contribution < -0.4 is 5.43 Å².